The third kappa shape index (κ3) is 4.58. The van der Waals surface area contributed by atoms with Gasteiger partial charge in [-0.2, -0.15) is 0 Å². The minimum Gasteiger partial charge on any atom is -0.334 e. The monoisotopic (exact) mass is 411 g/mol. The second-order valence-corrected chi connectivity index (χ2v) is 9.36. The fourth-order valence-electron chi connectivity index (χ4n) is 4.92. The van der Waals surface area contributed by atoms with E-state index in [2.05, 4.69) is 105 Å². The molecule has 31 heavy (non-hydrogen) atoms. The van der Waals surface area contributed by atoms with Crippen LogP contribution in [0.1, 0.15) is 53.1 Å². The molecule has 3 aromatic rings. The van der Waals surface area contributed by atoms with Crippen LogP contribution in [0, 0.1) is 19.8 Å². The largest absolute Gasteiger partial charge is 0.334 e. The van der Waals surface area contributed by atoms with Gasteiger partial charge in [0, 0.05) is 12.6 Å². The summed E-state index contributed by atoms with van der Waals surface area (Å²) in [5.74, 6) is 0.357. The summed E-state index contributed by atoms with van der Waals surface area (Å²) < 4.78 is 0. The smallest absolute Gasteiger partial charge is 0.230 e. The average Bonchev–Trinajstić information content (AvgIpc) is 3.18. The van der Waals surface area contributed by atoms with Gasteiger partial charge in [0.05, 0.1) is 5.92 Å². The lowest BCUT2D eigenvalue weighted by Gasteiger charge is -2.34. The Kier molecular flexibility index (Phi) is 6.27. The molecule has 0 radical (unpaired) electrons. The Labute approximate surface area is 186 Å². The van der Waals surface area contributed by atoms with Crippen molar-refractivity contribution in [2.75, 3.05) is 0 Å². The van der Waals surface area contributed by atoms with Crippen LogP contribution < -0.4 is 0 Å². The van der Waals surface area contributed by atoms with Gasteiger partial charge in [0.1, 0.15) is 0 Å². The predicted molar refractivity (Wildman–Crippen MR) is 128 cm³/mol. The summed E-state index contributed by atoms with van der Waals surface area (Å²) in [6, 6.07) is 25.8. The topological polar surface area (TPSA) is 20.3 Å². The maximum absolute atomic E-state index is 14.2. The van der Waals surface area contributed by atoms with Crippen LogP contribution in [0.2, 0.25) is 0 Å². The second kappa shape index (κ2) is 9.09. The Morgan fingerprint density at radius 2 is 1.45 bits per heavy atom. The van der Waals surface area contributed by atoms with Crippen molar-refractivity contribution in [2.45, 2.75) is 59.0 Å². The molecule has 1 unspecified atom stereocenters. The normalized spacial score (nSPS) is 14.5. The van der Waals surface area contributed by atoms with Gasteiger partial charge in [0.25, 0.3) is 0 Å². The molecule has 0 saturated heterocycles. The zero-order valence-electron chi connectivity index (χ0n) is 19.1. The number of fused-ring (bicyclic) bond motifs is 1. The lowest BCUT2D eigenvalue weighted by molar-refractivity contribution is -0.136. The van der Waals surface area contributed by atoms with Crippen molar-refractivity contribution in [1.82, 2.24) is 4.90 Å². The van der Waals surface area contributed by atoms with Crippen LogP contribution in [0.3, 0.4) is 0 Å². The quantitative estimate of drug-likeness (QED) is 0.470. The van der Waals surface area contributed by atoms with Crippen LogP contribution in [-0.4, -0.2) is 16.8 Å². The Balaban J connectivity index is 1.69. The Morgan fingerprint density at radius 3 is 2.03 bits per heavy atom. The lowest BCUT2D eigenvalue weighted by Crippen LogP contribution is -2.44. The predicted octanol–water partition coefficient (Wildman–Crippen LogP) is 6.24. The molecule has 0 N–H and O–H groups in total. The van der Waals surface area contributed by atoms with Gasteiger partial charge < -0.3 is 4.90 Å². The second-order valence-electron chi connectivity index (χ2n) is 9.36. The molecule has 0 heterocycles. The van der Waals surface area contributed by atoms with E-state index >= 15 is 0 Å². The van der Waals surface area contributed by atoms with E-state index in [1.54, 1.807) is 0 Å². The molecular formula is C29H33NO. The molecule has 2 heteroatoms. The van der Waals surface area contributed by atoms with Gasteiger partial charge in [-0.15, -0.1) is 0 Å². The molecule has 1 aliphatic rings. The zero-order chi connectivity index (χ0) is 22.0. The summed E-state index contributed by atoms with van der Waals surface area (Å²) in [6.07, 6.45) is 1.87. The molecule has 160 valence electrons. The molecular weight excluding hydrogens is 378 g/mol. The highest BCUT2D eigenvalue weighted by molar-refractivity contribution is 5.85. The Morgan fingerprint density at radius 1 is 0.871 bits per heavy atom. The first kappa shape index (κ1) is 21.4. The van der Waals surface area contributed by atoms with Crippen molar-refractivity contribution in [3.63, 3.8) is 0 Å². The summed E-state index contributed by atoms with van der Waals surface area (Å²) in [4.78, 5) is 16.3. The van der Waals surface area contributed by atoms with E-state index in [9.17, 15) is 4.79 Å². The molecule has 2 nitrogen and oxygen atoms in total. The highest BCUT2D eigenvalue weighted by Gasteiger charge is 2.35. The maximum atomic E-state index is 14.2. The van der Waals surface area contributed by atoms with Crippen LogP contribution in [0.25, 0.3) is 0 Å². The molecule has 4 rings (SSSR count). The molecule has 0 bridgehead atoms. The van der Waals surface area contributed by atoms with Gasteiger partial charge in [-0.05, 0) is 60.4 Å². The first-order chi connectivity index (χ1) is 14.9. The van der Waals surface area contributed by atoms with Crippen molar-refractivity contribution < 1.29 is 4.79 Å². The van der Waals surface area contributed by atoms with E-state index in [0.717, 1.165) is 18.4 Å². The molecule has 0 aliphatic heterocycles. The number of carbonyl (C=O) groups is 1. The van der Waals surface area contributed by atoms with E-state index in [4.69, 9.17) is 0 Å². The van der Waals surface area contributed by atoms with Gasteiger partial charge in [0.2, 0.25) is 5.91 Å². The highest BCUT2D eigenvalue weighted by atomic mass is 16.2. The van der Waals surface area contributed by atoms with Crippen molar-refractivity contribution in [3.05, 3.63) is 106 Å². The Hall–Kier alpha value is -2.87. The van der Waals surface area contributed by atoms with Crippen LogP contribution in [-0.2, 0) is 24.2 Å². The Bertz CT molecular complexity index is 1030. The van der Waals surface area contributed by atoms with E-state index in [-0.39, 0.29) is 23.8 Å². The minimum atomic E-state index is -0.129. The number of rotatable bonds is 6. The average molecular weight is 412 g/mol. The molecule has 1 atom stereocenters. The van der Waals surface area contributed by atoms with Crippen molar-refractivity contribution in [2.24, 2.45) is 5.92 Å². The van der Waals surface area contributed by atoms with Crippen LogP contribution in [0.4, 0.5) is 0 Å². The van der Waals surface area contributed by atoms with E-state index in [1.807, 2.05) is 0 Å². The van der Waals surface area contributed by atoms with E-state index in [1.165, 1.54) is 27.8 Å². The summed E-state index contributed by atoms with van der Waals surface area (Å²) in [5.41, 5.74) is 7.56. The van der Waals surface area contributed by atoms with Gasteiger partial charge >= 0.3 is 0 Å². The molecule has 3 aromatic carbocycles. The standard InChI is InChI=1S/C29H33NO/c1-20(2)28(27-12-8-5-9-22(27)4)29(31)30(19-23-15-13-21(3)14-16-23)26-17-24-10-6-7-11-25(24)18-26/h5-16,20,26,28H,17-19H2,1-4H3. The summed E-state index contributed by atoms with van der Waals surface area (Å²) in [5, 5.41) is 0. The molecule has 0 fully saturated rings. The molecule has 0 spiro atoms. The van der Waals surface area contributed by atoms with Crippen LogP contribution in [0.5, 0.6) is 0 Å². The maximum Gasteiger partial charge on any atom is 0.230 e. The summed E-state index contributed by atoms with van der Waals surface area (Å²) in [7, 11) is 0. The number of benzene rings is 3. The molecule has 0 saturated carbocycles. The molecule has 1 aliphatic carbocycles. The van der Waals surface area contributed by atoms with Crippen molar-refractivity contribution >= 4 is 5.91 Å². The summed E-state index contributed by atoms with van der Waals surface area (Å²) >= 11 is 0. The molecule has 1 amide bonds. The lowest BCUT2D eigenvalue weighted by atomic mass is 9.84. The van der Waals surface area contributed by atoms with E-state index < -0.39 is 0 Å². The van der Waals surface area contributed by atoms with Crippen molar-refractivity contribution in [1.29, 1.82) is 0 Å². The highest BCUT2D eigenvalue weighted by Crippen LogP contribution is 2.33. The summed E-state index contributed by atoms with van der Waals surface area (Å²) in [6.45, 7) is 9.22. The molecule has 0 aromatic heterocycles. The number of hydrogen-bond acceptors (Lipinski definition) is 1. The first-order valence-electron chi connectivity index (χ1n) is 11.4. The van der Waals surface area contributed by atoms with Crippen molar-refractivity contribution in [3.8, 4) is 0 Å². The number of carbonyl (C=O) groups excluding carboxylic acids is 1. The number of nitrogens with zero attached hydrogens (tertiary/aromatic N) is 1. The number of hydrogen-bond donors (Lipinski definition) is 0. The number of aryl methyl sites for hydroxylation is 2. The van der Waals surface area contributed by atoms with Gasteiger partial charge in [-0.3, -0.25) is 4.79 Å². The third-order valence-corrected chi connectivity index (χ3v) is 6.68. The van der Waals surface area contributed by atoms with E-state index in [0.29, 0.717) is 6.54 Å². The van der Waals surface area contributed by atoms with Gasteiger partial charge in [-0.25, -0.2) is 0 Å². The van der Waals surface area contributed by atoms with Gasteiger partial charge in [-0.1, -0.05) is 92.2 Å². The fraction of sp³-hybridized carbons (Fsp3) is 0.345. The number of amides is 1. The zero-order valence-corrected chi connectivity index (χ0v) is 19.1. The van der Waals surface area contributed by atoms with Crippen LogP contribution in [0.15, 0.2) is 72.8 Å². The third-order valence-electron chi connectivity index (χ3n) is 6.68. The SMILES string of the molecule is Cc1ccc(CN(C(=O)C(c2ccccc2C)C(C)C)C2Cc3ccccc3C2)cc1. The van der Waals surface area contributed by atoms with Crippen LogP contribution >= 0.6 is 0 Å². The minimum absolute atomic E-state index is 0.129. The fourth-order valence-corrected chi connectivity index (χ4v) is 4.92. The first-order valence-corrected chi connectivity index (χ1v) is 11.4. The van der Waals surface area contributed by atoms with Gasteiger partial charge in [0.15, 0.2) is 0 Å².